The van der Waals surface area contributed by atoms with Gasteiger partial charge in [-0.3, -0.25) is 0 Å². The van der Waals surface area contributed by atoms with Crippen LogP contribution in [0.25, 0.3) is 32.7 Å². The predicted octanol–water partition coefficient (Wildman–Crippen LogP) is 5.71. The van der Waals surface area contributed by atoms with Gasteiger partial charge in [0.1, 0.15) is 23.0 Å². The molecule has 4 heteroatoms. The third-order valence-corrected chi connectivity index (χ3v) is 5.13. The summed E-state index contributed by atoms with van der Waals surface area (Å²) in [5, 5.41) is 24.1. The molecular weight excluding hydrogens is 352 g/mol. The van der Waals surface area contributed by atoms with E-state index in [2.05, 4.69) is 0 Å². The number of hydrogen-bond donors (Lipinski definition) is 2. The number of hydrogen-bond acceptors (Lipinski definition) is 4. The number of ether oxygens (including phenoxy) is 2. The molecule has 0 aliphatic rings. The van der Waals surface area contributed by atoms with Gasteiger partial charge < -0.3 is 19.7 Å². The van der Waals surface area contributed by atoms with Crippen molar-refractivity contribution in [3.8, 4) is 34.1 Å². The molecule has 0 atom stereocenters. The Morgan fingerprint density at radius 3 is 1.36 bits per heavy atom. The second kappa shape index (κ2) is 6.64. The largest absolute Gasteiger partial charge is 0.507 e. The lowest BCUT2D eigenvalue weighted by atomic mass is 9.91. The van der Waals surface area contributed by atoms with E-state index in [4.69, 9.17) is 9.47 Å². The number of methoxy groups -OCH3 is 2. The zero-order valence-electron chi connectivity index (χ0n) is 16.3. The summed E-state index contributed by atoms with van der Waals surface area (Å²) in [6.07, 6.45) is 0. The number of rotatable bonds is 3. The first-order valence-electron chi connectivity index (χ1n) is 9.05. The molecule has 0 saturated carbocycles. The Labute approximate surface area is 163 Å². The minimum absolute atomic E-state index is 0.174. The van der Waals surface area contributed by atoms with Gasteiger partial charge in [-0.15, -0.1) is 0 Å². The first-order valence-corrected chi connectivity index (χ1v) is 9.05. The van der Waals surface area contributed by atoms with Crippen molar-refractivity contribution in [3.63, 3.8) is 0 Å². The van der Waals surface area contributed by atoms with Crippen molar-refractivity contribution >= 4 is 21.5 Å². The van der Waals surface area contributed by atoms with E-state index in [0.29, 0.717) is 22.3 Å². The van der Waals surface area contributed by atoms with Gasteiger partial charge in [-0.1, -0.05) is 24.3 Å². The molecule has 0 fully saturated rings. The average Bonchev–Trinajstić information content (AvgIpc) is 2.67. The summed E-state index contributed by atoms with van der Waals surface area (Å²) in [4.78, 5) is 0. The van der Waals surface area contributed by atoms with Crippen LogP contribution < -0.4 is 9.47 Å². The molecule has 0 spiro atoms. The van der Waals surface area contributed by atoms with Crippen LogP contribution in [-0.4, -0.2) is 24.4 Å². The molecule has 28 heavy (non-hydrogen) atoms. The van der Waals surface area contributed by atoms with Crippen molar-refractivity contribution in [2.45, 2.75) is 13.8 Å². The minimum Gasteiger partial charge on any atom is -0.507 e. The lowest BCUT2D eigenvalue weighted by Crippen LogP contribution is -1.92. The van der Waals surface area contributed by atoms with E-state index in [1.54, 1.807) is 26.4 Å². The molecule has 142 valence electrons. The molecular formula is C24H22O4. The van der Waals surface area contributed by atoms with Crippen molar-refractivity contribution in [2.75, 3.05) is 14.2 Å². The molecule has 0 aromatic heterocycles. The van der Waals surface area contributed by atoms with Crippen LogP contribution in [0.5, 0.6) is 23.0 Å². The summed E-state index contributed by atoms with van der Waals surface area (Å²) in [5.41, 5.74) is 3.97. The number of phenolic OH excluding ortho intramolecular Hbond substituents is 2. The lowest BCUT2D eigenvalue weighted by Gasteiger charge is -2.16. The second-order valence-corrected chi connectivity index (χ2v) is 7.04. The molecule has 0 amide bonds. The van der Waals surface area contributed by atoms with E-state index in [1.807, 2.05) is 50.2 Å². The van der Waals surface area contributed by atoms with E-state index in [1.165, 1.54) is 0 Å². The third kappa shape index (κ3) is 2.69. The standard InChI is InChI=1S/C24H22O4/c1-13-9-17-15(5-7-19(25)23(17)21(11-13)27-3)16-6-8-20(26)24-18(16)10-14(2)12-22(24)28-4/h5-12,25-26H,1-4H3. The van der Waals surface area contributed by atoms with Gasteiger partial charge in [-0.05, 0) is 71.1 Å². The fourth-order valence-electron chi connectivity index (χ4n) is 3.92. The molecule has 0 unspecified atom stereocenters. The zero-order chi connectivity index (χ0) is 20.0. The topological polar surface area (TPSA) is 58.9 Å². The van der Waals surface area contributed by atoms with Crippen LogP contribution in [0.3, 0.4) is 0 Å². The lowest BCUT2D eigenvalue weighted by molar-refractivity contribution is 0.415. The molecule has 4 rings (SSSR count). The molecule has 0 bridgehead atoms. The van der Waals surface area contributed by atoms with Crippen LogP contribution in [0.4, 0.5) is 0 Å². The van der Waals surface area contributed by atoms with Gasteiger partial charge in [0.25, 0.3) is 0 Å². The van der Waals surface area contributed by atoms with Gasteiger partial charge in [-0.2, -0.15) is 0 Å². The average molecular weight is 374 g/mol. The maximum atomic E-state index is 10.5. The monoisotopic (exact) mass is 374 g/mol. The highest BCUT2D eigenvalue weighted by molar-refractivity contribution is 6.11. The van der Waals surface area contributed by atoms with Crippen LogP contribution in [0.15, 0.2) is 48.5 Å². The molecule has 0 heterocycles. The summed E-state index contributed by atoms with van der Waals surface area (Å²) >= 11 is 0. The number of benzene rings is 4. The molecule has 0 aliphatic heterocycles. The molecule has 0 aliphatic carbocycles. The highest BCUT2D eigenvalue weighted by atomic mass is 16.5. The van der Waals surface area contributed by atoms with E-state index in [9.17, 15) is 10.2 Å². The summed E-state index contributed by atoms with van der Waals surface area (Å²) < 4.78 is 11.0. The quantitative estimate of drug-likeness (QED) is 0.482. The van der Waals surface area contributed by atoms with Crippen LogP contribution in [0, 0.1) is 13.8 Å². The second-order valence-electron chi connectivity index (χ2n) is 7.04. The summed E-state index contributed by atoms with van der Waals surface area (Å²) in [6, 6.07) is 15.1. The van der Waals surface area contributed by atoms with Gasteiger partial charge in [-0.25, -0.2) is 0 Å². The molecule has 4 aromatic carbocycles. The molecule has 4 aromatic rings. The Hall–Kier alpha value is -3.40. The highest BCUT2D eigenvalue weighted by Crippen LogP contribution is 2.45. The van der Waals surface area contributed by atoms with Crippen molar-refractivity contribution in [3.05, 3.63) is 59.7 Å². The van der Waals surface area contributed by atoms with Crippen LogP contribution in [0.2, 0.25) is 0 Å². The Balaban J connectivity index is 2.17. The first-order chi connectivity index (χ1) is 13.4. The smallest absolute Gasteiger partial charge is 0.130 e. The highest BCUT2D eigenvalue weighted by Gasteiger charge is 2.17. The summed E-state index contributed by atoms with van der Waals surface area (Å²) in [5.74, 6) is 1.61. The minimum atomic E-state index is 0.174. The van der Waals surface area contributed by atoms with Crippen molar-refractivity contribution < 1.29 is 19.7 Å². The van der Waals surface area contributed by atoms with E-state index < -0.39 is 0 Å². The maximum Gasteiger partial charge on any atom is 0.130 e. The zero-order valence-corrected chi connectivity index (χ0v) is 16.3. The molecule has 2 N–H and O–H groups in total. The van der Waals surface area contributed by atoms with Gasteiger partial charge in [0.05, 0.1) is 25.0 Å². The van der Waals surface area contributed by atoms with Gasteiger partial charge in [0.15, 0.2) is 0 Å². The summed E-state index contributed by atoms with van der Waals surface area (Å²) in [6.45, 7) is 4.00. The van der Waals surface area contributed by atoms with E-state index in [-0.39, 0.29) is 11.5 Å². The van der Waals surface area contributed by atoms with Gasteiger partial charge in [0.2, 0.25) is 0 Å². The number of aryl methyl sites for hydroxylation is 2. The Bertz CT molecular complexity index is 1130. The number of phenols is 2. The summed E-state index contributed by atoms with van der Waals surface area (Å²) in [7, 11) is 3.20. The first kappa shape index (κ1) is 18.0. The Morgan fingerprint density at radius 2 is 1.00 bits per heavy atom. The Kier molecular flexibility index (Phi) is 4.27. The molecule has 4 nitrogen and oxygen atoms in total. The fourth-order valence-corrected chi connectivity index (χ4v) is 3.92. The molecule has 0 saturated heterocycles. The van der Waals surface area contributed by atoms with E-state index in [0.717, 1.165) is 33.0 Å². The fraction of sp³-hybridized carbons (Fsp3) is 0.167. The van der Waals surface area contributed by atoms with Crippen molar-refractivity contribution in [2.24, 2.45) is 0 Å². The number of fused-ring (bicyclic) bond motifs is 2. The predicted molar refractivity (Wildman–Crippen MR) is 113 cm³/mol. The SMILES string of the molecule is COc1cc(C)cc2c(-c3ccc(O)c4c(OC)cc(C)cc34)ccc(O)c12. The van der Waals surface area contributed by atoms with Gasteiger partial charge >= 0.3 is 0 Å². The third-order valence-electron chi connectivity index (χ3n) is 5.13. The molecule has 0 radical (unpaired) electrons. The van der Waals surface area contributed by atoms with Crippen LogP contribution >= 0.6 is 0 Å². The van der Waals surface area contributed by atoms with Gasteiger partial charge in [0, 0.05) is 0 Å². The normalized spacial score (nSPS) is 11.1. The Morgan fingerprint density at radius 1 is 0.607 bits per heavy atom. The van der Waals surface area contributed by atoms with Crippen LogP contribution in [0.1, 0.15) is 11.1 Å². The van der Waals surface area contributed by atoms with E-state index >= 15 is 0 Å². The van der Waals surface area contributed by atoms with Crippen LogP contribution in [-0.2, 0) is 0 Å². The number of aromatic hydroxyl groups is 2. The van der Waals surface area contributed by atoms with Crippen molar-refractivity contribution in [1.82, 2.24) is 0 Å². The maximum absolute atomic E-state index is 10.5. The van der Waals surface area contributed by atoms with Crippen molar-refractivity contribution in [1.29, 1.82) is 0 Å².